The molecular weight excluding hydrogens is 240 g/mol. The molecule has 0 radical (unpaired) electrons. The fraction of sp³-hybridized carbons (Fsp3) is 0.933. The predicted octanol–water partition coefficient (Wildman–Crippen LogP) is 1.43. The maximum Gasteiger partial charge on any atom is 0.237 e. The Hall–Kier alpha value is -0.610. The van der Waals surface area contributed by atoms with Gasteiger partial charge in [-0.3, -0.25) is 4.79 Å². The number of aliphatic hydroxyl groups excluding tert-OH is 1. The van der Waals surface area contributed by atoms with Gasteiger partial charge in [-0.25, -0.2) is 0 Å². The topological polar surface area (TPSA) is 61.4 Å². The lowest BCUT2D eigenvalue weighted by Crippen LogP contribution is -2.55. The minimum atomic E-state index is 0.000626. The van der Waals surface area contributed by atoms with Crippen LogP contribution in [0.4, 0.5) is 0 Å². The summed E-state index contributed by atoms with van der Waals surface area (Å²) in [7, 11) is 0. The lowest BCUT2D eigenvalue weighted by Gasteiger charge is -2.40. The molecule has 1 heterocycles. The van der Waals surface area contributed by atoms with Crippen LogP contribution in [0.2, 0.25) is 0 Å². The van der Waals surface area contributed by atoms with Crippen molar-refractivity contribution in [2.45, 2.75) is 64.0 Å². The van der Waals surface area contributed by atoms with Gasteiger partial charge in [0.2, 0.25) is 5.91 Å². The smallest absolute Gasteiger partial charge is 0.237 e. The van der Waals surface area contributed by atoms with Gasteiger partial charge >= 0.3 is 0 Å². The average molecular weight is 268 g/mol. The molecule has 4 nitrogen and oxygen atoms in total. The van der Waals surface area contributed by atoms with Crippen LogP contribution < -0.4 is 10.6 Å². The zero-order chi connectivity index (χ0) is 13.7. The number of hydrogen-bond acceptors (Lipinski definition) is 3. The molecule has 1 aliphatic heterocycles. The highest BCUT2D eigenvalue weighted by Gasteiger charge is 2.34. The molecule has 3 N–H and O–H groups in total. The summed E-state index contributed by atoms with van der Waals surface area (Å²) in [6.07, 6.45) is 8.15. The van der Waals surface area contributed by atoms with Crippen LogP contribution in [0.15, 0.2) is 0 Å². The SMILES string of the molecule is CC(CCO)CNC(=O)C1CCC2CCCCC2N1. The number of hydrogen-bond donors (Lipinski definition) is 3. The van der Waals surface area contributed by atoms with Crippen LogP contribution in [0.5, 0.6) is 0 Å². The Kier molecular flexibility index (Phi) is 5.64. The quantitative estimate of drug-likeness (QED) is 0.707. The van der Waals surface area contributed by atoms with Crippen LogP contribution in [0.3, 0.4) is 0 Å². The van der Waals surface area contributed by atoms with Crippen molar-refractivity contribution in [1.29, 1.82) is 0 Å². The van der Waals surface area contributed by atoms with Crippen molar-refractivity contribution in [2.24, 2.45) is 11.8 Å². The first-order valence-electron chi connectivity index (χ1n) is 7.85. The van der Waals surface area contributed by atoms with Crippen molar-refractivity contribution in [3.8, 4) is 0 Å². The number of fused-ring (bicyclic) bond motifs is 1. The number of carbonyl (C=O) groups is 1. The Morgan fingerprint density at radius 3 is 2.89 bits per heavy atom. The predicted molar refractivity (Wildman–Crippen MR) is 75.8 cm³/mol. The second-order valence-electron chi connectivity index (χ2n) is 6.31. The summed E-state index contributed by atoms with van der Waals surface area (Å²) < 4.78 is 0. The summed E-state index contributed by atoms with van der Waals surface area (Å²) in [5.41, 5.74) is 0. The van der Waals surface area contributed by atoms with E-state index in [-0.39, 0.29) is 18.6 Å². The molecule has 19 heavy (non-hydrogen) atoms. The summed E-state index contributed by atoms with van der Waals surface area (Å²) in [6.45, 7) is 2.93. The van der Waals surface area contributed by atoms with Gasteiger partial charge in [0.05, 0.1) is 6.04 Å². The largest absolute Gasteiger partial charge is 0.396 e. The molecule has 2 aliphatic rings. The highest BCUT2D eigenvalue weighted by atomic mass is 16.3. The van der Waals surface area contributed by atoms with E-state index < -0.39 is 0 Å². The Labute approximate surface area is 116 Å². The van der Waals surface area contributed by atoms with E-state index in [1.165, 1.54) is 32.1 Å². The van der Waals surface area contributed by atoms with Crippen LogP contribution in [0.1, 0.15) is 51.9 Å². The molecule has 0 aromatic heterocycles. The molecule has 110 valence electrons. The Balaban J connectivity index is 1.74. The zero-order valence-electron chi connectivity index (χ0n) is 12.0. The molecule has 0 bridgehead atoms. The van der Waals surface area contributed by atoms with Crippen LogP contribution >= 0.6 is 0 Å². The first kappa shape index (κ1) is 14.8. The molecule has 4 heteroatoms. The van der Waals surface area contributed by atoms with Crippen LogP contribution in [0.25, 0.3) is 0 Å². The first-order chi connectivity index (χ1) is 9.20. The van der Waals surface area contributed by atoms with Gasteiger partial charge in [-0.1, -0.05) is 19.8 Å². The summed E-state index contributed by atoms with van der Waals surface area (Å²) >= 11 is 0. The molecule has 0 aromatic carbocycles. The lowest BCUT2D eigenvalue weighted by atomic mass is 9.77. The molecule has 2 fully saturated rings. The maximum atomic E-state index is 12.1. The van der Waals surface area contributed by atoms with Gasteiger partial charge in [0.15, 0.2) is 0 Å². The van der Waals surface area contributed by atoms with E-state index in [0.29, 0.717) is 18.5 Å². The fourth-order valence-electron chi connectivity index (χ4n) is 3.42. The molecule has 1 saturated carbocycles. The highest BCUT2D eigenvalue weighted by molar-refractivity contribution is 5.81. The third-order valence-corrected chi connectivity index (χ3v) is 4.71. The molecule has 1 saturated heterocycles. The number of amides is 1. The van der Waals surface area contributed by atoms with E-state index in [4.69, 9.17) is 5.11 Å². The molecule has 0 spiro atoms. The van der Waals surface area contributed by atoms with Crippen LogP contribution in [-0.2, 0) is 4.79 Å². The second kappa shape index (κ2) is 7.25. The summed E-state index contributed by atoms with van der Waals surface area (Å²) in [5.74, 6) is 1.29. The minimum absolute atomic E-state index is 0.000626. The standard InChI is InChI=1S/C15H28N2O2/c1-11(8-9-18)10-16-15(19)14-7-6-12-4-2-3-5-13(12)17-14/h11-14,17-18H,2-10H2,1H3,(H,16,19). The molecule has 0 aromatic rings. The van der Waals surface area contributed by atoms with Gasteiger partial charge in [-0.05, 0) is 43.9 Å². The van der Waals surface area contributed by atoms with Crippen molar-refractivity contribution < 1.29 is 9.90 Å². The van der Waals surface area contributed by atoms with Crippen LogP contribution in [-0.4, -0.2) is 36.2 Å². The van der Waals surface area contributed by atoms with Crippen molar-refractivity contribution in [3.63, 3.8) is 0 Å². The zero-order valence-corrected chi connectivity index (χ0v) is 12.0. The van der Waals surface area contributed by atoms with Crippen molar-refractivity contribution in [3.05, 3.63) is 0 Å². The molecular formula is C15H28N2O2. The molecule has 4 atom stereocenters. The van der Waals surface area contributed by atoms with Gasteiger partial charge in [-0.2, -0.15) is 0 Å². The first-order valence-corrected chi connectivity index (χ1v) is 7.85. The van der Waals surface area contributed by atoms with E-state index in [2.05, 4.69) is 17.6 Å². The average Bonchev–Trinajstić information content (AvgIpc) is 2.44. The van der Waals surface area contributed by atoms with Gasteiger partial charge < -0.3 is 15.7 Å². The normalized spacial score (nSPS) is 32.4. The van der Waals surface area contributed by atoms with E-state index in [9.17, 15) is 4.79 Å². The van der Waals surface area contributed by atoms with Crippen molar-refractivity contribution >= 4 is 5.91 Å². The molecule has 1 amide bonds. The molecule has 1 aliphatic carbocycles. The van der Waals surface area contributed by atoms with E-state index in [1.54, 1.807) is 0 Å². The highest BCUT2D eigenvalue weighted by Crippen LogP contribution is 2.32. The minimum Gasteiger partial charge on any atom is -0.396 e. The maximum absolute atomic E-state index is 12.1. The van der Waals surface area contributed by atoms with Gasteiger partial charge in [0, 0.05) is 19.2 Å². The number of piperidine rings is 1. The van der Waals surface area contributed by atoms with Gasteiger partial charge in [0.25, 0.3) is 0 Å². The van der Waals surface area contributed by atoms with E-state index in [1.807, 2.05) is 0 Å². The Morgan fingerprint density at radius 1 is 1.32 bits per heavy atom. The lowest BCUT2D eigenvalue weighted by molar-refractivity contribution is -0.124. The number of nitrogens with one attached hydrogen (secondary N) is 2. The Bertz CT molecular complexity index is 296. The van der Waals surface area contributed by atoms with E-state index >= 15 is 0 Å². The Morgan fingerprint density at radius 2 is 2.11 bits per heavy atom. The summed E-state index contributed by atoms with van der Waals surface area (Å²) in [6, 6.07) is 0.564. The fourth-order valence-corrected chi connectivity index (χ4v) is 3.42. The van der Waals surface area contributed by atoms with Crippen molar-refractivity contribution in [1.82, 2.24) is 10.6 Å². The molecule has 2 rings (SSSR count). The summed E-state index contributed by atoms with van der Waals surface area (Å²) in [5, 5.41) is 15.4. The van der Waals surface area contributed by atoms with E-state index in [0.717, 1.165) is 18.8 Å². The monoisotopic (exact) mass is 268 g/mol. The third kappa shape index (κ3) is 4.18. The van der Waals surface area contributed by atoms with Crippen LogP contribution in [0, 0.1) is 11.8 Å². The van der Waals surface area contributed by atoms with Crippen molar-refractivity contribution in [2.75, 3.05) is 13.2 Å². The number of carbonyl (C=O) groups excluding carboxylic acids is 1. The summed E-state index contributed by atoms with van der Waals surface area (Å²) in [4.78, 5) is 12.1. The third-order valence-electron chi connectivity index (χ3n) is 4.71. The number of aliphatic hydroxyl groups is 1. The van der Waals surface area contributed by atoms with Gasteiger partial charge in [-0.15, -0.1) is 0 Å². The molecule has 4 unspecified atom stereocenters. The number of rotatable bonds is 5. The second-order valence-corrected chi connectivity index (χ2v) is 6.31. The van der Waals surface area contributed by atoms with Gasteiger partial charge in [0.1, 0.15) is 0 Å².